The van der Waals surface area contributed by atoms with Crippen LogP contribution in [0.2, 0.25) is 0 Å². The lowest BCUT2D eigenvalue weighted by atomic mass is 10.1. The minimum absolute atomic E-state index is 0. The fourth-order valence-corrected chi connectivity index (χ4v) is 2.61. The maximum absolute atomic E-state index is 12.2. The number of carbonyl (C=O) groups excluding carboxylic acids is 1. The Labute approximate surface area is 135 Å². The summed E-state index contributed by atoms with van der Waals surface area (Å²) < 4.78 is 5.33. The Morgan fingerprint density at radius 2 is 2.18 bits per heavy atom. The van der Waals surface area contributed by atoms with Crippen LogP contribution in [-0.2, 0) is 4.79 Å². The van der Waals surface area contributed by atoms with Gasteiger partial charge < -0.3 is 15.4 Å². The van der Waals surface area contributed by atoms with E-state index in [4.69, 9.17) is 10.5 Å². The molecule has 2 N–H and O–H groups in total. The summed E-state index contributed by atoms with van der Waals surface area (Å²) in [5.74, 6) is 0.254. The molecule has 122 valence electrons. The second-order valence-corrected chi connectivity index (χ2v) is 5.25. The summed E-state index contributed by atoms with van der Waals surface area (Å²) in [6.07, 6.45) is 0.883. The number of amides is 1. The largest absolute Gasteiger partial charge is 0.477 e. The Hall–Kier alpha value is -1.86. The molecule has 0 bridgehead atoms. The van der Waals surface area contributed by atoms with Crippen LogP contribution in [0.25, 0.3) is 0 Å². The Kier molecular flexibility index (Phi) is 6.58. The average molecular weight is 330 g/mol. The Morgan fingerprint density at radius 1 is 1.50 bits per heavy atom. The number of nitrogens with two attached hydrogens (primary N) is 1. The van der Waals surface area contributed by atoms with E-state index in [0.29, 0.717) is 19.0 Å². The fraction of sp³-hybridized carbons (Fsp3) is 0.500. The Balaban J connectivity index is 0.00000242. The molecule has 0 aromatic heterocycles. The van der Waals surface area contributed by atoms with Crippen LogP contribution in [0.1, 0.15) is 13.3 Å². The molecule has 1 aromatic rings. The van der Waals surface area contributed by atoms with Crippen molar-refractivity contribution in [1.29, 1.82) is 0 Å². The van der Waals surface area contributed by atoms with Gasteiger partial charge in [-0.3, -0.25) is 14.9 Å². The molecule has 2 unspecified atom stereocenters. The molecular formula is C14H20ClN3O4. The first-order chi connectivity index (χ1) is 10.0. The first-order valence-corrected chi connectivity index (χ1v) is 6.88. The van der Waals surface area contributed by atoms with E-state index < -0.39 is 4.92 Å². The molecule has 2 rings (SSSR count). The number of likely N-dealkylation sites (tertiary alicyclic amines) is 1. The zero-order valence-electron chi connectivity index (χ0n) is 12.3. The summed E-state index contributed by atoms with van der Waals surface area (Å²) in [5.41, 5.74) is 5.49. The minimum atomic E-state index is -0.525. The van der Waals surface area contributed by atoms with E-state index in [9.17, 15) is 14.9 Å². The number of benzene rings is 1. The quantitative estimate of drug-likeness (QED) is 0.653. The molecule has 0 aliphatic carbocycles. The molecule has 1 aliphatic heterocycles. The minimum Gasteiger partial charge on any atom is -0.477 e. The number of nitrogens with zero attached hydrogens (tertiary/aromatic N) is 2. The SMILES string of the molecule is CC1CC(CN)CN1C(=O)COc1ccccc1[N+](=O)[O-].Cl. The molecule has 0 spiro atoms. The van der Waals surface area contributed by atoms with Crippen LogP contribution in [0, 0.1) is 16.0 Å². The Bertz CT molecular complexity index is 541. The number of halogens is 1. The van der Waals surface area contributed by atoms with Gasteiger partial charge in [0.15, 0.2) is 12.4 Å². The van der Waals surface area contributed by atoms with E-state index in [2.05, 4.69) is 0 Å². The predicted octanol–water partition coefficient (Wildman–Crippen LogP) is 1.59. The van der Waals surface area contributed by atoms with Gasteiger partial charge in [0.1, 0.15) is 0 Å². The highest BCUT2D eigenvalue weighted by Crippen LogP contribution is 2.26. The number of hydrogen-bond donors (Lipinski definition) is 1. The molecular weight excluding hydrogens is 310 g/mol. The lowest BCUT2D eigenvalue weighted by Gasteiger charge is -2.21. The molecule has 2 atom stereocenters. The Morgan fingerprint density at radius 3 is 2.77 bits per heavy atom. The van der Waals surface area contributed by atoms with Gasteiger partial charge in [0.05, 0.1) is 4.92 Å². The smallest absolute Gasteiger partial charge is 0.310 e. The van der Waals surface area contributed by atoms with Crippen molar-refractivity contribution in [3.8, 4) is 5.75 Å². The van der Waals surface area contributed by atoms with Gasteiger partial charge in [0.2, 0.25) is 0 Å². The molecule has 1 amide bonds. The summed E-state index contributed by atoms with van der Waals surface area (Å²) in [5, 5.41) is 10.9. The molecule has 8 heteroatoms. The van der Waals surface area contributed by atoms with Crippen LogP contribution in [-0.4, -0.2) is 41.5 Å². The van der Waals surface area contributed by atoms with Gasteiger partial charge in [0, 0.05) is 18.7 Å². The van der Waals surface area contributed by atoms with Crippen molar-refractivity contribution in [2.24, 2.45) is 11.7 Å². The molecule has 7 nitrogen and oxygen atoms in total. The van der Waals surface area contributed by atoms with Gasteiger partial charge in [0.25, 0.3) is 5.91 Å². The third-order valence-electron chi connectivity index (χ3n) is 3.73. The van der Waals surface area contributed by atoms with Crippen LogP contribution in [0.15, 0.2) is 24.3 Å². The number of nitro groups is 1. The monoisotopic (exact) mass is 329 g/mol. The third kappa shape index (κ3) is 4.08. The number of hydrogen-bond acceptors (Lipinski definition) is 5. The zero-order valence-corrected chi connectivity index (χ0v) is 13.1. The van der Waals surface area contributed by atoms with Crippen molar-refractivity contribution in [3.05, 3.63) is 34.4 Å². The first kappa shape index (κ1) is 18.2. The molecule has 1 heterocycles. The van der Waals surface area contributed by atoms with E-state index >= 15 is 0 Å². The van der Waals surface area contributed by atoms with Gasteiger partial charge in [-0.1, -0.05) is 12.1 Å². The van der Waals surface area contributed by atoms with Gasteiger partial charge in [-0.05, 0) is 31.9 Å². The van der Waals surface area contributed by atoms with Crippen LogP contribution >= 0.6 is 12.4 Å². The summed E-state index contributed by atoms with van der Waals surface area (Å²) in [4.78, 5) is 24.2. The molecule has 0 saturated carbocycles. The number of nitro benzene ring substituents is 1. The van der Waals surface area contributed by atoms with Crippen molar-refractivity contribution in [2.45, 2.75) is 19.4 Å². The van der Waals surface area contributed by atoms with E-state index in [1.165, 1.54) is 12.1 Å². The number of ether oxygens (including phenoxy) is 1. The predicted molar refractivity (Wildman–Crippen MR) is 84.2 cm³/mol. The second-order valence-electron chi connectivity index (χ2n) is 5.25. The van der Waals surface area contributed by atoms with Gasteiger partial charge in [-0.25, -0.2) is 0 Å². The van der Waals surface area contributed by atoms with Crippen LogP contribution in [0.4, 0.5) is 5.69 Å². The van der Waals surface area contributed by atoms with Crippen LogP contribution in [0.5, 0.6) is 5.75 Å². The summed E-state index contributed by atoms with van der Waals surface area (Å²) in [6.45, 7) is 2.95. The highest BCUT2D eigenvalue weighted by atomic mass is 35.5. The maximum Gasteiger partial charge on any atom is 0.310 e. The molecule has 22 heavy (non-hydrogen) atoms. The summed E-state index contributed by atoms with van der Waals surface area (Å²) in [6, 6.07) is 6.15. The van der Waals surface area contributed by atoms with Crippen LogP contribution < -0.4 is 10.5 Å². The molecule has 1 aromatic carbocycles. The standard InChI is InChI=1S/C14H19N3O4.ClH/c1-10-6-11(7-15)8-16(10)14(18)9-21-13-5-3-2-4-12(13)17(19)20;/h2-5,10-11H,6-9,15H2,1H3;1H. The van der Waals surface area contributed by atoms with E-state index in [1.54, 1.807) is 17.0 Å². The van der Waals surface area contributed by atoms with Gasteiger partial charge in [-0.15, -0.1) is 12.4 Å². The zero-order chi connectivity index (χ0) is 15.4. The average Bonchev–Trinajstić information content (AvgIpc) is 2.86. The summed E-state index contributed by atoms with van der Waals surface area (Å²) >= 11 is 0. The maximum atomic E-state index is 12.2. The van der Waals surface area contributed by atoms with Crippen molar-refractivity contribution < 1.29 is 14.5 Å². The van der Waals surface area contributed by atoms with E-state index in [-0.39, 0.29) is 42.4 Å². The van der Waals surface area contributed by atoms with Crippen molar-refractivity contribution in [1.82, 2.24) is 4.90 Å². The number of para-hydroxylation sites is 2. The highest BCUT2D eigenvalue weighted by Gasteiger charge is 2.31. The third-order valence-corrected chi connectivity index (χ3v) is 3.73. The second kappa shape index (κ2) is 7.95. The lowest BCUT2D eigenvalue weighted by molar-refractivity contribution is -0.385. The molecule has 1 fully saturated rings. The van der Waals surface area contributed by atoms with E-state index in [1.807, 2.05) is 6.92 Å². The van der Waals surface area contributed by atoms with Gasteiger partial charge >= 0.3 is 5.69 Å². The molecule has 0 radical (unpaired) electrons. The lowest BCUT2D eigenvalue weighted by Crippen LogP contribution is -2.37. The number of rotatable bonds is 5. The fourth-order valence-electron chi connectivity index (χ4n) is 2.61. The molecule has 1 saturated heterocycles. The van der Waals surface area contributed by atoms with Gasteiger partial charge in [-0.2, -0.15) is 0 Å². The van der Waals surface area contributed by atoms with Crippen molar-refractivity contribution in [2.75, 3.05) is 19.7 Å². The highest BCUT2D eigenvalue weighted by molar-refractivity contribution is 5.85. The summed E-state index contributed by atoms with van der Waals surface area (Å²) in [7, 11) is 0. The van der Waals surface area contributed by atoms with Crippen molar-refractivity contribution in [3.63, 3.8) is 0 Å². The first-order valence-electron chi connectivity index (χ1n) is 6.88. The van der Waals surface area contributed by atoms with Crippen molar-refractivity contribution >= 4 is 24.0 Å². The van der Waals surface area contributed by atoms with E-state index in [0.717, 1.165) is 6.42 Å². The number of carbonyl (C=O) groups is 1. The molecule has 1 aliphatic rings. The normalized spacial score (nSPS) is 20.4. The topological polar surface area (TPSA) is 98.7 Å². The van der Waals surface area contributed by atoms with Crippen LogP contribution in [0.3, 0.4) is 0 Å².